The Labute approximate surface area is 213 Å². The van der Waals surface area contributed by atoms with E-state index in [0.29, 0.717) is 12.8 Å². The second-order valence-electron chi connectivity index (χ2n) is 10.7. The van der Waals surface area contributed by atoms with Crippen molar-refractivity contribution >= 4 is 10.9 Å². The largest absolute Gasteiger partial charge is 0.390 e. The molecule has 6 unspecified atom stereocenters. The van der Waals surface area contributed by atoms with Crippen LogP contribution in [0.4, 0.5) is 0 Å². The summed E-state index contributed by atoms with van der Waals surface area (Å²) in [5.41, 5.74) is 2.28. The summed E-state index contributed by atoms with van der Waals surface area (Å²) in [6.45, 7) is 8.40. The van der Waals surface area contributed by atoms with Gasteiger partial charge in [-0.25, -0.2) is 0 Å². The van der Waals surface area contributed by atoms with Gasteiger partial charge in [0.15, 0.2) is 0 Å². The Bertz CT molecular complexity index is 966. The van der Waals surface area contributed by atoms with Gasteiger partial charge in [-0.1, -0.05) is 72.3 Å². The lowest BCUT2D eigenvalue weighted by Crippen LogP contribution is -2.70. The van der Waals surface area contributed by atoms with Crippen molar-refractivity contribution in [2.24, 2.45) is 5.41 Å². The molecule has 0 aromatic heterocycles. The first-order valence-electron chi connectivity index (χ1n) is 12.7. The van der Waals surface area contributed by atoms with E-state index in [4.69, 9.17) is 9.47 Å². The molecule has 190 valence electrons. The molecular formula is C30H41O4S+. The third-order valence-electron chi connectivity index (χ3n) is 8.32. The number of allylic oxidation sites excluding steroid dienone is 1. The van der Waals surface area contributed by atoms with Crippen LogP contribution < -0.4 is 0 Å². The molecule has 1 aliphatic heterocycles. The molecule has 5 heteroatoms. The highest BCUT2D eigenvalue weighted by atomic mass is 32.2. The highest BCUT2D eigenvalue weighted by molar-refractivity contribution is 7.96. The summed E-state index contributed by atoms with van der Waals surface area (Å²) in [5.74, 6) is 1.53. The van der Waals surface area contributed by atoms with Crippen LogP contribution >= 0.6 is 0 Å². The summed E-state index contributed by atoms with van der Waals surface area (Å²) in [7, 11) is 1.20. The van der Waals surface area contributed by atoms with E-state index in [1.165, 1.54) is 16.7 Å². The molecule has 0 amide bonds. The number of benzene rings is 2. The van der Waals surface area contributed by atoms with Gasteiger partial charge in [0.1, 0.15) is 22.5 Å². The highest BCUT2D eigenvalue weighted by Gasteiger charge is 2.79. The fourth-order valence-corrected chi connectivity index (χ4v) is 9.14. The first-order valence-corrected chi connectivity index (χ1v) is 14.2. The molecule has 2 aromatic rings. The van der Waals surface area contributed by atoms with Gasteiger partial charge in [0, 0.05) is 35.6 Å². The Morgan fingerprint density at radius 3 is 2.06 bits per heavy atom. The Balaban J connectivity index is 1.78. The smallest absolute Gasteiger partial charge is 0.237 e. The number of rotatable bonds is 9. The Hall–Kier alpha value is -1.63. The number of methoxy groups -OCH3 is 1. The summed E-state index contributed by atoms with van der Waals surface area (Å²) in [6.07, 6.45) is 2.83. The van der Waals surface area contributed by atoms with Gasteiger partial charge in [0.25, 0.3) is 0 Å². The van der Waals surface area contributed by atoms with Crippen LogP contribution in [0.2, 0.25) is 0 Å². The SMILES string of the molecule is COC1C(O)CCC(O)([S+](Cc2ccccc2)Cc2ccccc2)C1(C)C1(C)OC1CC=C(C)C. The maximum atomic E-state index is 12.9. The van der Waals surface area contributed by atoms with Gasteiger partial charge in [0.2, 0.25) is 4.93 Å². The molecular weight excluding hydrogens is 456 g/mol. The van der Waals surface area contributed by atoms with Crippen molar-refractivity contribution in [3.8, 4) is 0 Å². The van der Waals surface area contributed by atoms with Crippen LogP contribution in [0.1, 0.15) is 58.1 Å². The molecule has 1 saturated heterocycles. The van der Waals surface area contributed by atoms with E-state index < -0.39 is 39.1 Å². The number of hydrogen-bond acceptors (Lipinski definition) is 4. The summed E-state index contributed by atoms with van der Waals surface area (Å²) in [6, 6.07) is 20.9. The number of hydrogen-bond donors (Lipinski definition) is 2. The fraction of sp³-hybridized carbons (Fsp3) is 0.533. The predicted octanol–water partition coefficient (Wildman–Crippen LogP) is 5.38. The Morgan fingerprint density at radius 2 is 1.57 bits per heavy atom. The number of epoxide rings is 1. The minimum Gasteiger partial charge on any atom is -0.390 e. The zero-order chi connectivity index (χ0) is 25.3. The van der Waals surface area contributed by atoms with E-state index in [0.717, 1.165) is 17.9 Å². The van der Waals surface area contributed by atoms with E-state index in [1.807, 2.05) is 12.1 Å². The van der Waals surface area contributed by atoms with E-state index in [2.05, 4.69) is 82.3 Å². The molecule has 2 fully saturated rings. The molecule has 0 bridgehead atoms. The van der Waals surface area contributed by atoms with Crippen LogP contribution in [0.3, 0.4) is 0 Å². The molecule has 1 heterocycles. The monoisotopic (exact) mass is 497 g/mol. The Kier molecular flexibility index (Phi) is 7.85. The van der Waals surface area contributed by atoms with Crippen molar-refractivity contribution in [2.75, 3.05) is 7.11 Å². The minimum atomic E-state index is -1.08. The van der Waals surface area contributed by atoms with Crippen LogP contribution in [0.5, 0.6) is 0 Å². The maximum Gasteiger partial charge on any atom is 0.237 e. The van der Waals surface area contributed by atoms with Gasteiger partial charge in [0.05, 0.1) is 18.3 Å². The molecule has 1 saturated carbocycles. The normalized spacial score (nSPS) is 34.6. The van der Waals surface area contributed by atoms with Gasteiger partial charge >= 0.3 is 0 Å². The van der Waals surface area contributed by atoms with E-state index in [9.17, 15) is 10.2 Å². The molecule has 4 nitrogen and oxygen atoms in total. The molecule has 35 heavy (non-hydrogen) atoms. The van der Waals surface area contributed by atoms with Crippen LogP contribution in [-0.4, -0.2) is 46.2 Å². The average molecular weight is 498 g/mol. The average Bonchev–Trinajstić information content (AvgIpc) is 3.53. The molecule has 0 spiro atoms. The topological polar surface area (TPSA) is 62.2 Å². The molecule has 2 aliphatic rings. The Morgan fingerprint density at radius 1 is 1.03 bits per heavy atom. The quantitative estimate of drug-likeness (QED) is 0.277. The van der Waals surface area contributed by atoms with Crippen molar-refractivity contribution in [3.63, 3.8) is 0 Å². The first-order chi connectivity index (χ1) is 16.7. The lowest BCUT2D eigenvalue weighted by molar-refractivity contribution is -0.198. The van der Waals surface area contributed by atoms with Crippen LogP contribution in [0.25, 0.3) is 0 Å². The van der Waals surface area contributed by atoms with E-state index >= 15 is 0 Å². The van der Waals surface area contributed by atoms with Crippen molar-refractivity contribution in [1.82, 2.24) is 0 Å². The maximum absolute atomic E-state index is 12.9. The van der Waals surface area contributed by atoms with E-state index in [1.54, 1.807) is 7.11 Å². The number of ether oxygens (including phenoxy) is 2. The summed E-state index contributed by atoms with van der Waals surface area (Å²) >= 11 is 0. The summed E-state index contributed by atoms with van der Waals surface area (Å²) in [4.78, 5) is -1.08. The van der Waals surface area contributed by atoms with E-state index in [-0.39, 0.29) is 6.10 Å². The van der Waals surface area contributed by atoms with Crippen LogP contribution in [0, 0.1) is 5.41 Å². The first kappa shape index (κ1) is 26.4. The van der Waals surface area contributed by atoms with Crippen molar-refractivity contribution < 1.29 is 19.7 Å². The zero-order valence-electron chi connectivity index (χ0n) is 21.7. The zero-order valence-corrected chi connectivity index (χ0v) is 22.6. The fourth-order valence-electron chi connectivity index (χ4n) is 6.04. The third-order valence-corrected chi connectivity index (χ3v) is 11.3. The standard InChI is InChI=1S/C30H41O4S/c1-22(2)16-17-26-29(4,34-26)28(3)27(33-5)25(31)18-19-30(28,32)35(20-23-12-8-6-9-13-23)21-24-14-10-7-11-15-24/h6-16,25-27,31-32H,17-21H2,1-5H3/q+1. The predicted molar refractivity (Wildman–Crippen MR) is 144 cm³/mol. The molecule has 0 radical (unpaired) electrons. The molecule has 6 atom stereocenters. The second-order valence-corrected chi connectivity index (χ2v) is 13.0. The van der Waals surface area contributed by atoms with Crippen molar-refractivity contribution in [1.29, 1.82) is 0 Å². The van der Waals surface area contributed by atoms with Gasteiger partial charge in [-0.2, -0.15) is 0 Å². The molecule has 2 aromatic carbocycles. The second kappa shape index (κ2) is 10.4. The van der Waals surface area contributed by atoms with Crippen molar-refractivity contribution in [2.45, 2.75) is 87.3 Å². The molecule has 1 aliphatic carbocycles. The lowest BCUT2D eigenvalue weighted by atomic mass is 9.61. The van der Waals surface area contributed by atoms with Crippen LogP contribution in [-0.2, 0) is 31.9 Å². The number of aliphatic hydroxyl groups is 2. The molecule has 4 rings (SSSR count). The summed E-state index contributed by atoms with van der Waals surface area (Å²) in [5, 5.41) is 24.0. The van der Waals surface area contributed by atoms with Crippen LogP contribution in [0.15, 0.2) is 72.3 Å². The van der Waals surface area contributed by atoms with Gasteiger partial charge in [-0.3, -0.25) is 0 Å². The highest BCUT2D eigenvalue weighted by Crippen LogP contribution is 2.64. The van der Waals surface area contributed by atoms with Gasteiger partial charge in [-0.15, -0.1) is 0 Å². The molecule has 2 N–H and O–H groups in total. The number of aliphatic hydroxyl groups excluding tert-OH is 1. The van der Waals surface area contributed by atoms with Gasteiger partial charge in [-0.05, 0) is 40.5 Å². The summed E-state index contributed by atoms with van der Waals surface area (Å²) < 4.78 is 12.4. The van der Waals surface area contributed by atoms with Gasteiger partial charge < -0.3 is 19.7 Å². The minimum absolute atomic E-state index is 0.0178. The van der Waals surface area contributed by atoms with Crippen molar-refractivity contribution in [3.05, 3.63) is 83.4 Å². The lowest BCUT2D eigenvalue weighted by Gasteiger charge is -2.54. The third kappa shape index (κ3) is 4.86.